The summed E-state index contributed by atoms with van der Waals surface area (Å²) < 4.78 is 7.56. The van der Waals surface area contributed by atoms with Gasteiger partial charge in [0, 0.05) is 48.3 Å². The van der Waals surface area contributed by atoms with Crippen LogP contribution in [0.3, 0.4) is 0 Å². The lowest BCUT2D eigenvalue weighted by atomic mass is 9.86. The number of halogens is 1. The average molecular weight is 558 g/mol. The fraction of sp³-hybridized carbons (Fsp3) is 0.276. The molecule has 40 heavy (non-hydrogen) atoms. The van der Waals surface area contributed by atoms with Crippen LogP contribution in [0.2, 0.25) is 5.02 Å². The number of methoxy groups -OCH3 is 1. The van der Waals surface area contributed by atoms with E-state index < -0.39 is 11.4 Å². The van der Waals surface area contributed by atoms with E-state index in [0.29, 0.717) is 50.9 Å². The minimum atomic E-state index is -1.52. The van der Waals surface area contributed by atoms with Crippen molar-refractivity contribution in [2.45, 2.75) is 32.4 Å². The lowest BCUT2D eigenvalue weighted by molar-refractivity contribution is -0.119. The third-order valence-corrected chi connectivity index (χ3v) is 7.53. The van der Waals surface area contributed by atoms with Gasteiger partial charge in [-0.05, 0) is 50.6 Å². The Morgan fingerprint density at radius 3 is 2.55 bits per heavy atom. The number of carbonyl (C=O) groups excluding carboxylic acids is 2. The first-order valence-electron chi connectivity index (χ1n) is 12.8. The van der Waals surface area contributed by atoms with Gasteiger partial charge in [0.2, 0.25) is 11.8 Å². The lowest BCUT2D eigenvalue weighted by Gasteiger charge is -2.35. The topological polar surface area (TPSA) is 105 Å². The van der Waals surface area contributed by atoms with Gasteiger partial charge in [0.25, 0.3) is 11.8 Å². The standard InChI is InChI=1S/C29H28ClN7O3/c1-15(2)36-23-22(33-24(36)19-14-31-28(35(4)5)34-25(19)40-6)26(38)37(18-9-7-8-17(30)13-18)29(23)20-11-10-16(3)12-21(20)32-27(29)39/h7-15H,1-6H3,(H,32,39). The van der Waals surface area contributed by atoms with Gasteiger partial charge in [0.15, 0.2) is 11.2 Å². The molecule has 0 radical (unpaired) electrons. The van der Waals surface area contributed by atoms with Gasteiger partial charge in [-0.2, -0.15) is 4.98 Å². The molecule has 4 aromatic rings. The van der Waals surface area contributed by atoms with Crippen LogP contribution < -0.4 is 19.9 Å². The van der Waals surface area contributed by atoms with E-state index in [-0.39, 0.29) is 17.6 Å². The number of fused-ring (bicyclic) bond motifs is 4. The molecule has 204 valence electrons. The van der Waals surface area contributed by atoms with E-state index in [1.165, 1.54) is 12.0 Å². The molecule has 4 heterocycles. The number of anilines is 3. The number of ether oxygens (including phenoxy) is 1. The summed E-state index contributed by atoms with van der Waals surface area (Å²) in [5.41, 5.74) is 2.42. The summed E-state index contributed by atoms with van der Waals surface area (Å²) in [7, 11) is 5.20. The summed E-state index contributed by atoms with van der Waals surface area (Å²) in [5, 5.41) is 3.49. The zero-order chi connectivity index (χ0) is 28.5. The second-order valence-electron chi connectivity index (χ2n) is 10.4. The van der Waals surface area contributed by atoms with E-state index in [1.54, 1.807) is 35.4 Å². The van der Waals surface area contributed by atoms with Gasteiger partial charge >= 0.3 is 0 Å². The molecule has 0 bridgehead atoms. The molecule has 0 saturated carbocycles. The largest absolute Gasteiger partial charge is 0.480 e. The van der Waals surface area contributed by atoms with E-state index in [4.69, 9.17) is 21.3 Å². The number of nitrogens with zero attached hydrogens (tertiary/aromatic N) is 6. The minimum Gasteiger partial charge on any atom is -0.480 e. The summed E-state index contributed by atoms with van der Waals surface area (Å²) in [5.74, 6) is 0.458. The molecule has 1 unspecified atom stereocenters. The lowest BCUT2D eigenvalue weighted by Crippen LogP contribution is -2.51. The zero-order valence-electron chi connectivity index (χ0n) is 23.0. The van der Waals surface area contributed by atoms with E-state index in [9.17, 15) is 9.59 Å². The molecule has 0 fully saturated rings. The Morgan fingerprint density at radius 2 is 1.88 bits per heavy atom. The highest BCUT2D eigenvalue weighted by Crippen LogP contribution is 2.54. The molecule has 0 saturated heterocycles. The number of nitrogens with one attached hydrogen (secondary N) is 1. The molecule has 6 rings (SSSR count). The van der Waals surface area contributed by atoms with Crippen LogP contribution in [-0.4, -0.2) is 52.5 Å². The Morgan fingerprint density at radius 1 is 1.10 bits per heavy atom. The second kappa shape index (κ2) is 9.06. The fourth-order valence-electron chi connectivity index (χ4n) is 5.66. The molecule has 2 aromatic carbocycles. The van der Waals surface area contributed by atoms with Gasteiger partial charge in [-0.1, -0.05) is 29.8 Å². The Balaban J connectivity index is 1.70. The summed E-state index contributed by atoms with van der Waals surface area (Å²) in [6.45, 7) is 5.92. The number of rotatable bonds is 5. The number of hydrogen-bond acceptors (Lipinski definition) is 7. The SMILES string of the molecule is COc1nc(N(C)C)ncc1-c1nc2c(n1C(C)C)C1(C(=O)Nc3cc(C)ccc31)N(c1cccc(Cl)c1)C2=O. The second-order valence-corrected chi connectivity index (χ2v) is 10.9. The maximum absolute atomic E-state index is 14.4. The van der Waals surface area contributed by atoms with Crippen LogP contribution in [-0.2, 0) is 10.3 Å². The Hall–Kier alpha value is -4.44. The number of hydrogen-bond donors (Lipinski definition) is 1. The van der Waals surface area contributed by atoms with Crippen LogP contribution >= 0.6 is 11.6 Å². The van der Waals surface area contributed by atoms with Crippen LogP contribution in [0.1, 0.15) is 47.2 Å². The maximum Gasteiger partial charge on any atom is 0.280 e. The molecule has 1 N–H and O–H groups in total. The molecule has 11 heteroatoms. The van der Waals surface area contributed by atoms with E-state index >= 15 is 0 Å². The van der Waals surface area contributed by atoms with Gasteiger partial charge in [-0.3, -0.25) is 14.5 Å². The molecule has 10 nitrogen and oxygen atoms in total. The summed E-state index contributed by atoms with van der Waals surface area (Å²) in [6.07, 6.45) is 1.63. The fourth-order valence-corrected chi connectivity index (χ4v) is 5.85. The molecule has 2 aliphatic heterocycles. The van der Waals surface area contributed by atoms with E-state index in [2.05, 4.69) is 15.3 Å². The van der Waals surface area contributed by atoms with Gasteiger partial charge in [-0.25, -0.2) is 9.97 Å². The first-order chi connectivity index (χ1) is 19.1. The number of benzene rings is 2. The highest BCUT2D eigenvalue weighted by Gasteiger charge is 2.64. The van der Waals surface area contributed by atoms with Crippen LogP contribution in [0, 0.1) is 6.92 Å². The van der Waals surface area contributed by atoms with Crippen molar-refractivity contribution in [2.24, 2.45) is 0 Å². The number of amides is 2. The third-order valence-electron chi connectivity index (χ3n) is 7.29. The van der Waals surface area contributed by atoms with E-state index in [1.807, 2.05) is 57.6 Å². The van der Waals surface area contributed by atoms with Crippen molar-refractivity contribution in [3.05, 3.63) is 76.2 Å². The molecular formula is C29H28ClN7O3. The predicted molar refractivity (Wildman–Crippen MR) is 153 cm³/mol. The van der Waals surface area contributed by atoms with Gasteiger partial charge < -0.3 is 19.5 Å². The van der Waals surface area contributed by atoms with Crippen molar-refractivity contribution in [1.29, 1.82) is 0 Å². The van der Waals surface area contributed by atoms with Crippen molar-refractivity contribution in [3.63, 3.8) is 0 Å². The first-order valence-corrected chi connectivity index (χ1v) is 13.2. The monoisotopic (exact) mass is 557 g/mol. The van der Waals surface area contributed by atoms with Gasteiger partial charge in [0.1, 0.15) is 5.82 Å². The summed E-state index contributed by atoms with van der Waals surface area (Å²) >= 11 is 6.37. The third kappa shape index (κ3) is 3.45. The summed E-state index contributed by atoms with van der Waals surface area (Å²) in [6, 6.07) is 12.5. The van der Waals surface area contributed by atoms with Gasteiger partial charge in [0.05, 0.1) is 18.4 Å². The Labute approximate surface area is 236 Å². The van der Waals surface area contributed by atoms with Crippen molar-refractivity contribution in [1.82, 2.24) is 19.5 Å². The maximum atomic E-state index is 14.4. The smallest absolute Gasteiger partial charge is 0.280 e. The van der Waals surface area contributed by atoms with Crippen LogP contribution in [0.15, 0.2) is 48.7 Å². The molecule has 2 amide bonds. The Kier molecular flexibility index (Phi) is 5.85. The van der Waals surface area contributed by atoms with Crippen LogP contribution in [0.5, 0.6) is 5.88 Å². The zero-order valence-corrected chi connectivity index (χ0v) is 23.7. The highest BCUT2D eigenvalue weighted by molar-refractivity contribution is 6.31. The van der Waals surface area contributed by atoms with Crippen LogP contribution in [0.4, 0.5) is 17.3 Å². The predicted octanol–water partition coefficient (Wildman–Crippen LogP) is 4.81. The van der Waals surface area contributed by atoms with Crippen molar-refractivity contribution >= 4 is 40.7 Å². The minimum absolute atomic E-state index is 0.172. The molecule has 1 atom stereocenters. The number of carbonyl (C=O) groups is 2. The van der Waals surface area contributed by atoms with Crippen LogP contribution in [0.25, 0.3) is 11.4 Å². The molecule has 1 spiro atoms. The molecular weight excluding hydrogens is 530 g/mol. The summed E-state index contributed by atoms with van der Waals surface area (Å²) in [4.78, 5) is 45.8. The quantitative estimate of drug-likeness (QED) is 0.375. The number of aromatic nitrogens is 4. The molecule has 2 aliphatic rings. The van der Waals surface area contributed by atoms with E-state index in [0.717, 1.165) is 5.56 Å². The molecule has 0 aliphatic carbocycles. The Bertz CT molecular complexity index is 1710. The highest BCUT2D eigenvalue weighted by atomic mass is 35.5. The van der Waals surface area contributed by atoms with Gasteiger partial charge in [-0.15, -0.1) is 0 Å². The van der Waals surface area contributed by atoms with Crippen molar-refractivity contribution in [2.75, 3.05) is 36.3 Å². The average Bonchev–Trinajstić information content (AvgIpc) is 3.52. The molecule has 2 aromatic heterocycles. The normalized spacial score (nSPS) is 17.4. The number of aryl methyl sites for hydroxylation is 1. The van der Waals surface area contributed by atoms with Crippen molar-refractivity contribution < 1.29 is 14.3 Å². The van der Waals surface area contributed by atoms with Crippen molar-refractivity contribution in [3.8, 4) is 17.3 Å². The first kappa shape index (κ1) is 25.8. The number of imidazole rings is 1.